The highest BCUT2D eigenvalue weighted by Crippen LogP contribution is 2.19. The van der Waals surface area contributed by atoms with Crippen LogP contribution in [0.5, 0.6) is 0 Å². The molecule has 17 heavy (non-hydrogen) atoms. The van der Waals surface area contributed by atoms with E-state index in [-0.39, 0.29) is 12.2 Å². The second-order valence-corrected chi connectivity index (χ2v) is 6.24. The van der Waals surface area contributed by atoms with E-state index in [1.165, 1.54) is 0 Å². The van der Waals surface area contributed by atoms with Crippen molar-refractivity contribution in [2.24, 2.45) is 0 Å². The number of carboxylic acids is 1. The van der Waals surface area contributed by atoms with Crippen LogP contribution in [0.4, 0.5) is 0 Å². The second kappa shape index (κ2) is 5.46. The van der Waals surface area contributed by atoms with Gasteiger partial charge in [-0.25, -0.2) is 13.2 Å². The largest absolute Gasteiger partial charge is 0.480 e. The predicted octanol–water partition coefficient (Wildman–Crippen LogP) is -1.48. The molecule has 0 aromatic carbocycles. The molecule has 0 saturated carbocycles. The maximum Gasteiger partial charge on any atom is 0.328 e. The molecule has 98 valence electrons. The summed E-state index contributed by atoms with van der Waals surface area (Å²) in [6, 6.07) is -1.46. The highest BCUT2D eigenvalue weighted by molar-refractivity contribution is 7.92. The molecule has 0 spiro atoms. The summed E-state index contributed by atoms with van der Waals surface area (Å²) in [6.45, 7) is -0.770. The van der Waals surface area contributed by atoms with Crippen molar-refractivity contribution in [3.05, 3.63) is 0 Å². The Hall–Kier alpha value is -1.15. The van der Waals surface area contributed by atoms with Gasteiger partial charge in [-0.05, 0) is 12.8 Å². The zero-order chi connectivity index (χ0) is 13.1. The summed E-state index contributed by atoms with van der Waals surface area (Å²) in [5.74, 6) is -2.29. The lowest BCUT2D eigenvalue weighted by atomic mass is 10.1. The van der Waals surface area contributed by atoms with Crippen LogP contribution in [-0.4, -0.2) is 54.2 Å². The SMILES string of the molecule is O=C(N[C@H](CO)C(=O)O)C1CCCCS1(=O)=O. The summed E-state index contributed by atoms with van der Waals surface area (Å²) in [6.07, 6.45) is 1.34. The number of sulfone groups is 1. The van der Waals surface area contributed by atoms with Gasteiger partial charge in [-0.1, -0.05) is 6.42 Å². The number of carbonyl (C=O) groups is 2. The van der Waals surface area contributed by atoms with Crippen molar-refractivity contribution in [1.29, 1.82) is 0 Å². The summed E-state index contributed by atoms with van der Waals surface area (Å²) in [7, 11) is -3.49. The molecular weight excluding hydrogens is 250 g/mol. The monoisotopic (exact) mass is 265 g/mol. The molecule has 2 atom stereocenters. The van der Waals surface area contributed by atoms with E-state index in [0.717, 1.165) is 0 Å². The van der Waals surface area contributed by atoms with Gasteiger partial charge >= 0.3 is 5.97 Å². The van der Waals surface area contributed by atoms with E-state index in [1.54, 1.807) is 0 Å². The third kappa shape index (κ3) is 3.40. The summed E-state index contributed by atoms with van der Waals surface area (Å²) < 4.78 is 23.2. The molecule has 1 fully saturated rings. The Kier molecular flexibility index (Phi) is 4.47. The van der Waals surface area contributed by atoms with Gasteiger partial charge in [0.2, 0.25) is 5.91 Å². The maximum absolute atomic E-state index is 11.6. The highest BCUT2D eigenvalue weighted by atomic mass is 32.2. The summed E-state index contributed by atoms with van der Waals surface area (Å²) in [4.78, 5) is 22.2. The zero-order valence-corrected chi connectivity index (χ0v) is 9.94. The standard InChI is InChI=1S/C9H15NO6S/c11-5-6(9(13)14)10-8(12)7-3-1-2-4-17(7,15)16/h6-7,11H,1-5H2,(H,10,12)(H,13,14)/t6-,7?/m1/s1. The minimum Gasteiger partial charge on any atom is -0.480 e. The Morgan fingerprint density at radius 3 is 2.47 bits per heavy atom. The van der Waals surface area contributed by atoms with Gasteiger partial charge in [-0.15, -0.1) is 0 Å². The molecule has 1 unspecified atom stereocenters. The first-order valence-electron chi connectivity index (χ1n) is 5.24. The molecule has 0 bridgehead atoms. The number of nitrogens with one attached hydrogen (secondary N) is 1. The van der Waals surface area contributed by atoms with Gasteiger partial charge in [0.25, 0.3) is 0 Å². The number of rotatable bonds is 4. The average Bonchev–Trinajstić information content (AvgIpc) is 2.24. The second-order valence-electron chi connectivity index (χ2n) is 3.93. The predicted molar refractivity (Wildman–Crippen MR) is 58.1 cm³/mol. The van der Waals surface area contributed by atoms with Crippen molar-refractivity contribution in [2.45, 2.75) is 30.6 Å². The van der Waals surface area contributed by atoms with Crippen LogP contribution in [0.15, 0.2) is 0 Å². The van der Waals surface area contributed by atoms with Crippen LogP contribution in [0.25, 0.3) is 0 Å². The Morgan fingerprint density at radius 2 is 2.00 bits per heavy atom. The molecule has 1 rings (SSSR count). The van der Waals surface area contributed by atoms with Crippen molar-refractivity contribution in [2.75, 3.05) is 12.4 Å². The van der Waals surface area contributed by atoms with Crippen LogP contribution in [0.1, 0.15) is 19.3 Å². The molecule has 0 aromatic heterocycles. The molecule has 0 aliphatic carbocycles. The first kappa shape index (κ1) is 13.9. The normalized spacial score (nSPS) is 24.9. The molecule has 0 radical (unpaired) electrons. The molecule has 1 heterocycles. The van der Waals surface area contributed by atoms with Crippen LogP contribution in [-0.2, 0) is 19.4 Å². The lowest BCUT2D eigenvalue weighted by Gasteiger charge is -2.22. The highest BCUT2D eigenvalue weighted by Gasteiger charge is 2.36. The minimum absolute atomic E-state index is 0.0536. The number of aliphatic hydroxyl groups excluding tert-OH is 1. The number of carbonyl (C=O) groups excluding carboxylic acids is 1. The molecule has 0 aromatic rings. The van der Waals surface area contributed by atoms with Crippen LogP contribution in [0.2, 0.25) is 0 Å². The number of hydrogen-bond donors (Lipinski definition) is 3. The van der Waals surface area contributed by atoms with Crippen LogP contribution >= 0.6 is 0 Å². The number of aliphatic carboxylic acids is 1. The van der Waals surface area contributed by atoms with Gasteiger partial charge in [0.15, 0.2) is 9.84 Å². The number of amides is 1. The van der Waals surface area contributed by atoms with E-state index in [2.05, 4.69) is 0 Å². The Balaban J connectivity index is 2.72. The molecule has 1 saturated heterocycles. The Morgan fingerprint density at radius 1 is 1.35 bits per heavy atom. The fourth-order valence-corrected chi connectivity index (χ4v) is 3.51. The third-order valence-corrected chi connectivity index (χ3v) is 4.84. The summed E-state index contributed by atoms with van der Waals surface area (Å²) in [5.41, 5.74) is 0. The fourth-order valence-electron chi connectivity index (χ4n) is 1.70. The van der Waals surface area contributed by atoms with Gasteiger partial charge < -0.3 is 15.5 Å². The number of aliphatic hydroxyl groups is 1. The van der Waals surface area contributed by atoms with Crippen molar-refractivity contribution in [3.63, 3.8) is 0 Å². The quantitative estimate of drug-likeness (QED) is 0.570. The lowest BCUT2D eigenvalue weighted by molar-refractivity contribution is -0.142. The van der Waals surface area contributed by atoms with Gasteiger partial charge in [0.1, 0.15) is 11.3 Å². The van der Waals surface area contributed by atoms with E-state index in [0.29, 0.717) is 12.8 Å². The molecule has 1 amide bonds. The molecule has 3 N–H and O–H groups in total. The first-order valence-corrected chi connectivity index (χ1v) is 6.95. The van der Waals surface area contributed by atoms with Crippen molar-refractivity contribution in [3.8, 4) is 0 Å². The van der Waals surface area contributed by atoms with E-state index in [1.807, 2.05) is 5.32 Å². The topological polar surface area (TPSA) is 121 Å². The molecular formula is C9H15NO6S. The smallest absolute Gasteiger partial charge is 0.328 e. The Labute approximate surface area is 98.7 Å². The molecule has 8 heteroatoms. The van der Waals surface area contributed by atoms with E-state index < -0.39 is 39.6 Å². The van der Waals surface area contributed by atoms with Crippen molar-refractivity contribution < 1.29 is 28.2 Å². The Bertz CT molecular complexity index is 404. The average molecular weight is 265 g/mol. The summed E-state index contributed by atoms with van der Waals surface area (Å²) >= 11 is 0. The molecule has 7 nitrogen and oxygen atoms in total. The molecule has 1 aliphatic heterocycles. The summed E-state index contributed by atoms with van der Waals surface area (Å²) in [5, 5.41) is 18.2. The lowest BCUT2D eigenvalue weighted by Crippen LogP contribution is -2.50. The first-order chi connectivity index (χ1) is 7.88. The zero-order valence-electron chi connectivity index (χ0n) is 9.13. The maximum atomic E-state index is 11.6. The van der Waals surface area contributed by atoms with Crippen LogP contribution < -0.4 is 5.32 Å². The number of hydrogen-bond acceptors (Lipinski definition) is 5. The third-order valence-electron chi connectivity index (χ3n) is 2.67. The van der Waals surface area contributed by atoms with Crippen molar-refractivity contribution >= 4 is 21.7 Å². The minimum atomic E-state index is -3.49. The molecule has 1 aliphatic rings. The van der Waals surface area contributed by atoms with Crippen LogP contribution in [0.3, 0.4) is 0 Å². The fraction of sp³-hybridized carbons (Fsp3) is 0.778. The van der Waals surface area contributed by atoms with Crippen molar-refractivity contribution in [1.82, 2.24) is 5.32 Å². The van der Waals surface area contributed by atoms with E-state index >= 15 is 0 Å². The van der Waals surface area contributed by atoms with Gasteiger partial charge in [0.05, 0.1) is 12.4 Å². The van der Waals surface area contributed by atoms with Crippen LogP contribution in [0, 0.1) is 0 Å². The van der Waals surface area contributed by atoms with E-state index in [9.17, 15) is 18.0 Å². The van der Waals surface area contributed by atoms with Gasteiger partial charge in [0, 0.05) is 0 Å². The van der Waals surface area contributed by atoms with Gasteiger partial charge in [-0.2, -0.15) is 0 Å². The van der Waals surface area contributed by atoms with Gasteiger partial charge in [-0.3, -0.25) is 4.79 Å². The number of carboxylic acid groups (broad SMARTS) is 1. The van der Waals surface area contributed by atoms with E-state index in [4.69, 9.17) is 10.2 Å².